The summed E-state index contributed by atoms with van der Waals surface area (Å²) in [6.45, 7) is 1.94. The van der Waals surface area contributed by atoms with Crippen molar-refractivity contribution in [1.82, 2.24) is 0 Å². The number of rotatable bonds is 4. The summed E-state index contributed by atoms with van der Waals surface area (Å²) >= 11 is 1.66. The molecule has 0 aliphatic heterocycles. The molecule has 0 radical (unpaired) electrons. The van der Waals surface area contributed by atoms with Crippen molar-refractivity contribution in [1.29, 1.82) is 0 Å². The zero-order valence-corrected chi connectivity index (χ0v) is 9.86. The molecule has 3 nitrogen and oxygen atoms in total. The highest BCUT2D eigenvalue weighted by atomic mass is 32.2. The maximum atomic E-state index is 11.4. The highest BCUT2D eigenvalue weighted by molar-refractivity contribution is 7.98. The fourth-order valence-corrected chi connectivity index (χ4v) is 1.53. The summed E-state index contributed by atoms with van der Waals surface area (Å²) in [5, 5.41) is 2.81. The molecule has 1 aromatic carbocycles. The number of carbonyl (C=O) groups is 1. The van der Waals surface area contributed by atoms with Gasteiger partial charge in [0.25, 0.3) is 0 Å². The fraction of sp³-hybridized carbons (Fsp3) is 0.364. The van der Waals surface area contributed by atoms with E-state index in [-0.39, 0.29) is 5.91 Å². The van der Waals surface area contributed by atoms with Gasteiger partial charge in [-0.2, -0.15) is 11.8 Å². The molecule has 0 atom stereocenters. The standard InChI is InChI=1S/C11H16N2OS/c1-8-3-4-9(7-10(8)12)13-11(14)5-6-15-2/h3-4,7H,5-6,12H2,1-2H3,(H,13,14). The highest BCUT2D eigenvalue weighted by Crippen LogP contribution is 2.17. The van der Waals surface area contributed by atoms with Crippen molar-refractivity contribution in [2.45, 2.75) is 13.3 Å². The highest BCUT2D eigenvalue weighted by Gasteiger charge is 2.02. The quantitative estimate of drug-likeness (QED) is 0.771. The van der Waals surface area contributed by atoms with Gasteiger partial charge in [0.05, 0.1) is 0 Å². The molecule has 0 fully saturated rings. The summed E-state index contributed by atoms with van der Waals surface area (Å²) in [6, 6.07) is 5.55. The lowest BCUT2D eigenvalue weighted by Gasteiger charge is -2.06. The number of benzene rings is 1. The van der Waals surface area contributed by atoms with E-state index in [2.05, 4.69) is 5.32 Å². The first-order valence-corrected chi connectivity index (χ1v) is 6.18. The number of hydrogen-bond donors (Lipinski definition) is 2. The van der Waals surface area contributed by atoms with Gasteiger partial charge < -0.3 is 11.1 Å². The number of nitrogens with two attached hydrogens (primary N) is 1. The van der Waals surface area contributed by atoms with Crippen LogP contribution in [0.1, 0.15) is 12.0 Å². The molecule has 0 aliphatic rings. The van der Waals surface area contributed by atoms with Crippen molar-refractivity contribution in [3.63, 3.8) is 0 Å². The van der Waals surface area contributed by atoms with Crippen LogP contribution >= 0.6 is 11.8 Å². The van der Waals surface area contributed by atoms with Crippen molar-refractivity contribution in [2.24, 2.45) is 0 Å². The van der Waals surface area contributed by atoms with Gasteiger partial charge in [0.15, 0.2) is 0 Å². The third-order valence-corrected chi connectivity index (χ3v) is 2.71. The van der Waals surface area contributed by atoms with Gasteiger partial charge in [-0.15, -0.1) is 0 Å². The van der Waals surface area contributed by atoms with E-state index in [1.807, 2.05) is 25.3 Å². The second-order valence-electron chi connectivity index (χ2n) is 3.36. The lowest BCUT2D eigenvalue weighted by atomic mass is 10.2. The Labute approximate surface area is 94.4 Å². The molecule has 0 heterocycles. The molecule has 3 N–H and O–H groups in total. The molecule has 1 aromatic rings. The molecule has 0 saturated heterocycles. The van der Waals surface area contributed by atoms with Crippen LogP contribution in [0.5, 0.6) is 0 Å². The van der Waals surface area contributed by atoms with Crippen LogP contribution in [0.4, 0.5) is 11.4 Å². The number of hydrogen-bond acceptors (Lipinski definition) is 3. The summed E-state index contributed by atoms with van der Waals surface area (Å²) in [7, 11) is 0. The first-order chi connectivity index (χ1) is 7.13. The van der Waals surface area contributed by atoms with Gasteiger partial charge in [-0.05, 0) is 30.9 Å². The number of carbonyl (C=O) groups excluding carboxylic acids is 1. The Bertz CT molecular complexity index is 352. The SMILES string of the molecule is CSCCC(=O)Nc1ccc(C)c(N)c1. The number of aryl methyl sites for hydroxylation is 1. The van der Waals surface area contributed by atoms with E-state index in [0.29, 0.717) is 12.1 Å². The third-order valence-electron chi connectivity index (χ3n) is 2.10. The first kappa shape index (κ1) is 11.9. The second-order valence-corrected chi connectivity index (χ2v) is 4.35. The minimum Gasteiger partial charge on any atom is -0.398 e. The van der Waals surface area contributed by atoms with E-state index in [0.717, 1.165) is 17.0 Å². The van der Waals surface area contributed by atoms with Gasteiger partial charge in [-0.25, -0.2) is 0 Å². The fourth-order valence-electron chi connectivity index (χ4n) is 1.14. The van der Waals surface area contributed by atoms with E-state index in [1.165, 1.54) is 0 Å². The lowest BCUT2D eigenvalue weighted by Crippen LogP contribution is -2.12. The van der Waals surface area contributed by atoms with Crippen LogP contribution in [-0.4, -0.2) is 17.9 Å². The first-order valence-electron chi connectivity index (χ1n) is 4.78. The van der Waals surface area contributed by atoms with Crippen molar-refractivity contribution in [3.05, 3.63) is 23.8 Å². The van der Waals surface area contributed by atoms with Crippen molar-refractivity contribution >= 4 is 29.0 Å². The van der Waals surface area contributed by atoms with Crippen LogP contribution in [0.15, 0.2) is 18.2 Å². The van der Waals surface area contributed by atoms with Crippen LogP contribution in [0.3, 0.4) is 0 Å². The average Bonchev–Trinajstić information content (AvgIpc) is 2.20. The normalized spacial score (nSPS) is 10.0. The van der Waals surface area contributed by atoms with E-state index < -0.39 is 0 Å². The molecule has 0 aliphatic carbocycles. The molecule has 1 amide bonds. The minimum atomic E-state index is 0.0348. The summed E-state index contributed by atoms with van der Waals surface area (Å²) in [5.41, 5.74) is 8.24. The summed E-state index contributed by atoms with van der Waals surface area (Å²) < 4.78 is 0. The number of nitrogen functional groups attached to an aromatic ring is 1. The van der Waals surface area contributed by atoms with Crippen LogP contribution in [0.25, 0.3) is 0 Å². The van der Waals surface area contributed by atoms with Crippen LogP contribution in [0.2, 0.25) is 0 Å². The molecule has 0 saturated carbocycles. The number of thioether (sulfide) groups is 1. The third kappa shape index (κ3) is 3.83. The Morgan fingerprint density at radius 2 is 2.27 bits per heavy atom. The van der Waals surface area contributed by atoms with Gasteiger partial charge in [-0.3, -0.25) is 4.79 Å². The average molecular weight is 224 g/mol. The summed E-state index contributed by atoms with van der Waals surface area (Å²) in [4.78, 5) is 11.4. The van der Waals surface area contributed by atoms with E-state index in [1.54, 1.807) is 17.8 Å². The van der Waals surface area contributed by atoms with Crippen molar-refractivity contribution in [2.75, 3.05) is 23.1 Å². The molecule has 4 heteroatoms. The van der Waals surface area contributed by atoms with Gasteiger partial charge in [0.1, 0.15) is 0 Å². The maximum Gasteiger partial charge on any atom is 0.225 e. The predicted octanol–water partition coefficient (Wildman–Crippen LogP) is 2.27. The minimum absolute atomic E-state index is 0.0348. The van der Waals surface area contributed by atoms with Crippen LogP contribution in [-0.2, 0) is 4.79 Å². The van der Waals surface area contributed by atoms with E-state index >= 15 is 0 Å². The lowest BCUT2D eigenvalue weighted by molar-refractivity contribution is -0.115. The summed E-state index contributed by atoms with van der Waals surface area (Å²) in [5.74, 6) is 0.875. The molecule has 1 rings (SSSR count). The van der Waals surface area contributed by atoms with Gasteiger partial charge in [0.2, 0.25) is 5.91 Å². The zero-order chi connectivity index (χ0) is 11.3. The monoisotopic (exact) mass is 224 g/mol. The van der Waals surface area contributed by atoms with Gasteiger partial charge in [-0.1, -0.05) is 6.07 Å². The van der Waals surface area contributed by atoms with E-state index in [4.69, 9.17) is 5.73 Å². The van der Waals surface area contributed by atoms with Gasteiger partial charge >= 0.3 is 0 Å². The van der Waals surface area contributed by atoms with Crippen molar-refractivity contribution in [3.8, 4) is 0 Å². The molecule has 0 aromatic heterocycles. The number of amides is 1. The zero-order valence-electron chi connectivity index (χ0n) is 9.04. The smallest absolute Gasteiger partial charge is 0.225 e. The molecule has 15 heavy (non-hydrogen) atoms. The second kappa shape index (κ2) is 5.66. The molecule has 0 spiro atoms. The molecule has 82 valence electrons. The number of nitrogens with one attached hydrogen (secondary N) is 1. The van der Waals surface area contributed by atoms with Gasteiger partial charge in [0, 0.05) is 23.5 Å². The Hall–Kier alpha value is -1.16. The van der Waals surface area contributed by atoms with Crippen LogP contribution < -0.4 is 11.1 Å². The molecule has 0 unspecified atom stereocenters. The van der Waals surface area contributed by atoms with Crippen molar-refractivity contribution < 1.29 is 4.79 Å². The topological polar surface area (TPSA) is 55.1 Å². The molecular weight excluding hydrogens is 208 g/mol. The predicted molar refractivity (Wildman–Crippen MR) is 67.2 cm³/mol. The molecule has 0 bridgehead atoms. The Balaban J connectivity index is 2.57. The number of anilines is 2. The Morgan fingerprint density at radius 3 is 2.87 bits per heavy atom. The molecular formula is C11H16N2OS. The Kier molecular flexibility index (Phi) is 4.49. The largest absolute Gasteiger partial charge is 0.398 e. The maximum absolute atomic E-state index is 11.4. The van der Waals surface area contributed by atoms with E-state index in [9.17, 15) is 4.79 Å². The Morgan fingerprint density at radius 1 is 1.53 bits per heavy atom. The summed E-state index contributed by atoms with van der Waals surface area (Å²) in [6.07, 6.45) is 2.52. The van der Waals surface area contributed by atoms with Crippen LogP contribution in [0, 0.1) is 6.92 Å².